The smallest absolute Gasteiger partial charge is 0.264 e. The quantitative estimate of drug-likeness (QED) is 0.575. The number of nitrogens with one attached hydrogen (secondary N) is 1. The third-order valence-electron chi connectivity index (χ3n) is 5.48. The van der Waals surface area contributed by atoms with E-state index >= 15 is 0 Å². The standard InChI is InChI=1S/C25H25N3O4S/c1-19-9-15-23(16-10-19)33(31,32)28(22-6-3-2-4-7-22)18-24(29)26-20-11-13-21(14-12-20)27-17-5-8-25(27)30/h2-4,6-7,9-16H,5,8,17-18H2,1H3,(H,26,29). The van der Waals surface area contributed by atoms with Gasteiger partial charge in [-0.3, -0.25) is 13.9 Å². The van der Waals surface area contributed by atoms with Crippen molar-refractivity contribution in [2.45, 2.75) is 24.7 Å². The van der Waals surface area contributed by atoms with Crippen LogP contribution in [0.25, 0.3) is 0 Å². The predicted octanol–water partition coefficient (Wildman–Crippen LogP) is 3.96. The number of carbonyl (C=O) groups is 2. The van der Waals surface area contributed by atoms with Crippen LogP contribution in [0.2, 0.25) is 0 Å². The van der Waals surface area contributed by atoms with Gasteiger partial charge in [0.05, 0.1) is 10.6 Å². The van der Waals surface area contributed by atoms with E-state index in [2.05, 4.69) is 5.32 Å². The molecule has 3 aromatic carbocycles. The number of para-hydroxylation sites is 1. The van der Waals surface area contributed by atoms with Crippen molar-refractivity contribution in [1.29, 1.82) is 0 Å². The Balaban J connectivity index is 1.53. The fourth-order valence-corrected chi connectivity index (χ4v) is 5.14. The van der Waals surface area contributed by atoms with Gasteiger partial charge < -0.3 is 10.2 Å². The monoisotopic (exact) mass is 463 g/mol. The Morgan fingerprint density at radius 1 is 0.970 bits per heavy atom. The van der Waals surface area contributed by atoms with Crippen molar-refractivity contribution in [2.75, 3.05) is 27.6 Å². The number of hydrogen-bond acceptors (Lipinski definition) is 4. The number of hydrogen-bond donors (Lipinski definition) is 1. The van der Waals surface area contributed by atoms with E-state index in [1.54, 1.807) is 71.6 Å². The van der Waals surface area contributed by atoms with Crippen LogP contribution >= 0.6 is 0 Å². The number of benzene rings is 3. The molecule has 170 valence electrons. The lowest BCUT2D eigenvalue weighted by Crippen LogP contribution is -2.38. The highest BCUT2D eigenvalue weighted by molar-refractivity contribution is 7.92. The zero-order valence-electron chi connectivity index (χ0n) is 18.3. The number of anilines is 3. The van der Waals surface area contributed by atoms with Crippen molar-refractivity contribution in [3.05, 3.63) is 84.4 Å². The molecule has 33 heavy (non-hydrogen) atoms. The summed E-state index contributed by atoms with van der Waals surface area (Å²) in [6.07, 6.45) is 1.38. The Kier molecular flexibility index (Phi) is 6.46. The van der Waals surface area contributed by atoms with Crippen LogP contribution in [-0.2, 0) is 19.6 Å². The average Bonchev–Trinajstić information content (AvgIpc) is 3.24. The Morgan fingerprint density at radius 2 is 1.64 bits per heavy atom. The molecule has 1 fully saturated rings. The minimum absolute atomic E-state index is 0.0894. The lowest BCUT2D eigenvalue weighted by atomic mass is 10.2. The van der Waals surface area contributed by atoms with Gasteiger partial charge in [0.1, 0.15) is 6.54 Å². The first-order valence-electron chi connectivity index (χ1n) is 10.7. The first-order chi connectivity index (χ1) is 15.8. The second-order valence-corrected chi connectivity index (χ2v) is 9.77. The van der Waals surface area contributed by atoms with Crippen LogP contribution in [0, 0.1) is 6.92 Å². The zero-order chi connectivity index (χ0) is 23.4. The van der Waals surface area contributed by atoms with Crippen LogP contribution in [0.3, 0.4) is 0 Å². The van der Waals surface area contributed by atoms with Crippen molar-refractivity contribution in [3.8, 4) is 0 Å². The first kappa shape index (κ1) is 22.5. The maximum Gasteiger partial charge on any atom is 0.264 e. The molecule has 1 aliphatic rings. The average molecular weight is 464 g/mol. The van der Waals surface area contributed by atoms with Gasteiger partial charge in [0, 0.05) is 24.3 Å². The molecule has 0 saturated carbocycles. The molecule has 0 spiro atoms. The number of carbonyl (C=O) groups excluding carboxylic acids is 2. The van der Waals surface area contributed by atoms with Crippen LogP contribution in [0.4, 0.5) is 17.1 Å². The number of aryl methyl sites for hydroxylation is 1. The molecule has 0 bridgehead atoms. The van der Waals surface area contributed by atoms with Crippen LogP contribution in [0.5, 0.6) is 0 Å². The number of amides is 2. The van der Waals surface area contributed by atoms with E-state index in [0.717, 1.165) is 22.0 Å². The summed E-state index contributed by atoms with van der Waals surface area (Å²) in [5.41, 5.74) is 2.65. The summed E-state index contributed by atoms with van der Waals surface area (Å²) in [6, 6.07) is 22.0. The van der Waals surface area contributed by atoms with E-state index in [1.165, 1.54) is 12.1 Å². The van der Waals surface area contributed by atoms with E-state index in [4.69, 9.17) is 0 Å². The molecule has 1 N–H and O–H groups in total. The number of sulfonamides is 1. The van der Waals surface area contributed by atoms with Crippen LogP contribution in [0.1, 0.15) is 18.4 Å². The van der Waals surface area contributed by atoms with Crippen molar-refractivity contribution in [3.63, 3.8) is 0 Å². The molecule has 1 heterocycles. The van der Waals surface area contributed by atoms with Gasteiger partial charge >= 0.3 is 0 Å². The van der Waals surface area contributed by atoms with E-state index in [0.29, 0.717) is 24.3 Å². The van der Waals surface area contributed by atoms with Crippen molar-refractivity contribution in [2.24, 2.45) is 0 Å². The lowest BCUT2D eigenvalue weighted by molar-refractivity contribution is -0.117. The topological polar surface area (TPSA) is 86.8 Å². The van der Waals surface area contributed by atoms with Crippen molar-refractivity contribution >= 4 is 38.9 Å². The number of nitrogens with zero attached hydrogens (tertiary/aromatic N) is 2. The zero-order valence-corrected chi connectivity index (χ0v) is 19.1. The molecular weight excluding hydrogens is 438 g/mol. The van der Waals surface area contributed by atoms with E-state index in [9.17, 15) is 18.0 Å². The van der Waals surface area contributed by atoms with Gasteiger partial charge in [-0.1, -0.05) is 35.9 Å². The molecule has 1 saturated heterocycles. The normalized spacial score (nSPS) is 13.7. The fraction of sp³-hybridized carbons (Fsp3) is 0.200. The summed E-state index contributed by atoms with van der Waals surface area (Å²) in [5.74, 6) is -0.383. The molecule has 1 aliphatic heterocycles. The molecule has 0 aromatic heterocycles. The highest BCUT2D eigenvalue weighted by Crippen LogP contribution is 2.25. The molecule has 2 amide bonds. The van der Waals surface area contributed by atoms with E-state index < -0.39 is 15.9 Å². The van der Waals surface area contributed by atoms with Gasteiger partial charge in [-0.2, -0.15) is 0 Å². The SMILES string of the molecule is Cc1ccc(S(=O)(=O)N(CC(=O)Nc2ccc(N3CCCC3=O)cc2)c2ccccc2)cc1. The van der Waals surface area contributed by atoms with Crippen molar-refractivity contribution in [1.82, 2.24) is 0 Å². The molecule has 0 radical (unpaired) electrons. The molecule has 3 aromatic rings. The van der Waals surface area contributed by atoms with Gasteiger partial charge in [-0.15, -0.1) is 0 Å². The number of rotatable bonds is 7. The van der Waals surface area contributed by atoms with Crippen LogP contribution in [-0.4, -0.2) is 33.3 Å². The maximum atomic E-state index is 13.4. The third kappa shape index (κ3) is 5.06. The van der Waals surface area contributed by atoms with Gasteiger partial charge in [-0.05, 0) is 61.9 Å². The maximum absolute atomic E-state index is 13.4. The Hall–Kier alpha value is -3.65. The Bertz CT molecular complexity index is 1240. The summed E-state index contributed by atoms with van der Waals surface area (Å²) in [7, 11) is -3.95. The molecule has 0 aliphatic carbocycles. The summed E-state index contributed by atoms with van der Waals surface area (Å²) >= 11 is 0. The van der Waals surface area contributed by atoms with Crippen LogP contribution < -0.4 is 14.5 Å². The summed E-state index contributed by atoms with van der Waals surface area (Å²) in [5, 5.41) is 2.76. The highest BCUT2D eigenvalue weighted by atomic mass is 32.2. The van der Waals surface area contributed by atoms with Gasteiger partial charge in [0.15, 0.2) is 0 Å². The molecule has 7 nitrogen and oxygen atoms in total. The minimum atomic E-state index is -3.95. The van der Waals surface area contributed by atoms with Crippen molar-refractivity contribution < 1.29 is 18.0 Å². The molecule has 4 rings (SSSR count). The first-order valence-corrected chi connectivity index (χ1v) is 12.1. The summed E-state index contributed by atoms with van der Waals surface area (Å²) < 4.78 is 27.8. The molecule has 8 heteroatoms. The van der Waals surface area contributed by atoms with Gasteiger partial charge in [0.25, 0.3) is 10.0 Å². The van der Waals surface area contributed by atoms with Gasteiger partial charge in [-0.25, -0.2) is 8.42 Å². The highest BCUT2D eigenvalue weighted by Gasteiger charge is 2.27. The Labute approximate surface area is 193 Å². The van der Waals surface area contributed by atoms with E-state index in [1.807, 2.05) is 6.92 Å². The van der Waals surface area contributed by atoms with E-state index in [-0.39, 0.29) is 17.3 Å². The second-order valence-electron chi connectivity index (χ2n) is 7.90. The fourth-order valence-electron chi connectivity index (χ4n) is 3.72. The molecule has 0 atom stereocenters. The summed E-state index contributed by atoms with van der Waals surface area (Å²) in [4.78, 5) is 26.6. The largest absolute Gasteiger partial charge is 0.325 e. The Morgan fingerprint density at radius 3 is 2.24 bits per heavy atom. The van der Waals surface area contributed by atoms with Gasteiger partial charge in [0.2, 0.25) is 11.8 Å². The molecular formula is C25H25N3O4S. The second kappa shape index (κ2) is 9.46. The third-order valence-corrected chi connectivity index (χ3v) is 7.26. The molecule has 0 unspecified atom stereocenters. The minimum Gasteiger partial charge on any atom is -0.325 e. The lowest BCUT2D eigenvalue weighted by Gasteiger charge is -2.24. The summed E-state index contributed by atoms with van der Waals surface area (Å²) in [6.45, 7) is 2.18. The predicted molar refractivity (Wildman–Crippen MR) is 129 cm³/mol. The van der Waals surface area contributed by atoms with Crippen LogP contribution in [0.15, 0.2) is 83.8 Å².